The molecule has 0 aromatic rings. The Balaban J connectivity index is 3.35. The lowest BCUT2D eigenvalue weighted by atomic mass is 10.00. The Morgan fingerprint density at radius 1 is 1.50 bits per heavy atom. The largest absolute Gasteiger partial charge is 0.622 e. The lowest BCUT2D eigenvalue weighted by molar-refractivity contribution is -0.569. The zero-order valence-corrected chi connectivity index (χ0v) is 8.61. The van der Waals surface area contributed by atoms with Crippen molar-refractivity contribution >= 4 is 11.7 Å². The zero-order chi connectivity index (χ0) is 11.3. The van der Waals surface area contributed by atoms with Crippen LogP contribution >= 0.6 is 0 Å². The van der Waals surface area contributed by atoms with Crippen molar-refractivity contribution in [3.63, 3.8) is 0 Å². The SMILES string of the molecule is CC1=[N+]([O-])C(C)(C(=O)O)N(O)C1(C)C. The van der Waals surface area contributed by atoms with E-state index in [9.17, 15) is 15.2 Å². The molecule has 0 radical (unpaired) electrons. The summed E-state index contributed by atoms with van der Waals surface area (Å²) in [7, 11) is 0. The number of nitrogens with zero attached hydrogens (tertiary/aromatic N) is 2. The van der Waals surface area contributed by atoms with Crippen molar-refractivity contribution < 1.29 is 19.8 Å². The summed E-state index contributed by atoms with van der Waals surface area (Å²) in [5.74, 6) is -1.38. The Labute approximate surface area is 81.6 Å². The van der Waals surface area contributed by atoms with Gasteiger partial charge in [0.25, 0.3) is 0 Å². The van der Waals surface area contributed by atoms with Gasteiger partial charge in [-0.1, -0.05) is 5.06 Å². The molecule has 80 valence electrons. The van der Waals surface area contributed by atoms with Crippen molar-refractivity contribution in [1.82, 2.24) is 5.06 Å². The van der Waals surface area contributed by atoms with Gasteiger partial charge in [-0.15, -0.1) is 0 Å². The summed E-state index contributed by atoms with van der Waals surface area (Å²) >= 11 is 0. The van der Waals surface area contributed by atoms with Crippen LogP contribution in [0.15, 0.2) is 0 Å². The number of carboxylic acids is 1. The Bertz CT molecular complexity index is 323. The Morgan fingerprint density at radius 2 is 1.93 bits per heavy atom. The number of carboxylic acid groups (broad SMARTS) is 1. The first-order valence-electron chi connectivity index (χ1n) is 4.20. The second-order valence-electron chi connectivity index (χ2n) is 4.08. The second kappa shape index (κ2) is 2.68. The molecule has 0 saturated heterocycles. The monoisotopic (exact) mass is 202 g/mol. The first-order valence-corrected chi connectivity index (χ1v) is 4.20. The van der Waals surface area contributed by atoms with Crippen molar-refractivity contribution in [3.05, 3.63) is 5.21 Å². The smallest absolute Gasteiger partial charge is 0.396 e. The van der Waals surface area contributed by atoms with Crippen LogP contribution in [0.2, 0.25) is 0 Å². The molecule has 0 aromatic carbocycles. The number of hydrogen-bond donors (Lipinski definition) is 2. The van der Waals surface area contributed by atoms with Gasteiger partial charge in [0.2, 0.25) is 0 Å². The summed E-state index contributed by atoms with van der Waals surface area (Å²) in [6.45, 7) is 5.84. The Morgan fingerprint density at radius 3 is 2.07 bits per heavy atom. The topological polar surface area (TPSA) is 86.8 Å². The number of carbonyl (C=O) groups is 1. The minimum absolute atomic E-state index is 0.268. The molecule has 6 heteroatoms. The van der Waals surface area contributed by atoms with Crippen LogP contribution in [-0.2, 0) is 4.79 Å². The molecule has 14 heavy (non-hydrogen) atoms. The first kappa shape index (κ1) is 10.9. The molecular weight excluding hydrogens is 188 g/mol. The summed E-state index contributed by atoms with van der Waals surface area (Å²) in [6, 6.07) is 0. The lowest BCUT2D eigenvalue weighted by Gasteiger charge is -2.29. The molecule has 6 nitrogen and oxygen atoms in total. The molecule has 1 aliphatic heterocycles. The molecule has 1 atom stereocenters. The predicted octanol–water partition coefficient (Wildman–Crippen LogP) is 0.242. The molecule has 0 aromatic heterocycles. The van der Waals surface area contributed by atoms with E-state index in [2.05, 4.69) is 0 Å². The Kier molecular flexibility index (Phi) is 2.09. The first-order chi connectivity index (χ1) is 6.16. The average Bonchev–Trinajstić information content (AvgIpc) is 2.21. The number of aliphatic carboxylic acids is 1. The fourth-order valence-corrected chi connectivity index (χ4v) is 1.54. The van der Waals surface area contributed by atoms with Gasteiger partial charge in [0, 0.05) is 13.8 Å². The quantitative estimate of drug-likeness (QED) is 0.470. The highest BCUT2D eigenvalue weighted by molar-refractivity contribution is 5.91. The van der Waals surface area contributed by atoms with Crippen LogP contribution in [-0.4, -0.2) is 43.0 Å². The van der Waals surface area contributed by atoms with Crippen molar-refractivity contribution in [2.45, 2.75) is 38.9 Å². The summed E-state index contributed by atoms with van der Waals surface area (Å²) in [4.78, 5) is 10.9. The van der Waals surface area contributed by atoms with E-state index >= 15 is 0 Å². The average molecular weight is 202 g/mol. The fraction of sp³-hybridized carbons (Fsp3) is 0.750. The summed E-state index contributed by atoms with van der Waals surface area (Å²) in [5, 5.41) is 30.7. The van der Waals surface area contributed by atoms with E-state index in [1.54, 1.807) is 13.8 Å². The molecule has 1 heterocycles. The van der Waals surface area contributed by atoms with Gasteiger partial charge in [-0.05, 0) is 13.8 Å². The lowest BCUT2D eigenvalue weighted by Crippen LogP contribution is -2.57. The molecule has 2 N–H and O–H groups in total. The van der Waals surface area contributed by atoms with E-state index in [1.165, 1.54) is 13.8 Å². The number of rotatable bonds is 1. The zero-order valence-electron chi connectivity index (χ0n) is 8.61. The van der Waals surface area contributed by atoms with Gasteiger partial charge < -0.3 is 15.5 Å². The van der Waals surface area contributed by atoms with E-state index in [0.29, 0.717) is 9.80 Å². The van der Waals surface area contributed by atoms with Gasteiger partial charge in [0.05, 0.1) is 0 Å². The van der Waals surface area contributed by atoms with E-state index in [-0.39, 0.29) is 5.71 Å². The predicted molar refractivity (Wildman–Crippen MR) is 48.1 cm³/mol. The summed E-state index contributed by atoms with van der Waals surface area (Å²) in [6.07, 6.45) is 0. The molecule has 0 saturated carbocycles. The van der Waals surface area contributed by atoms with Crippen molar-refractivity contribution in [2.75, 3.05) is 0 Å². The van der Waals surface area contributed by atoms with Crippen molar-refractivity contribution in [2.24, 2.45) is 0 Å². The maximum absolute atomic E-state index is 11.6. The van der Waals surface area contributed by atoms with Gasteiger partial charge in [-0.2, -0.15) is 4.74 Å². The van der Waals surface area contributed by atoms with E-state index in [4.69, 9.17) is 5.11 Å². The van der Waals surface area contributed by atoms with Crippen molar-refractivity contribution in [3.8, 4) is 0 Å². The van der Waals surface area contributed by atoms with E-state index < -0.39 is 17.2 Å². The third-order valence-corrected chi connectivity index (χ3v) is 2.93. The van der Waals surface area contributed by atoms with Crippen molar-refractivity contribution in [1.29, 1.82) is 0 Å². The molecule has 0 aliphatic carbocycles. The van der Waals surface area contributed by atoms with Gasteiger partial charge >= 0.3 is 11.6 Å². The fourth-order valence-electron chi connectivity index (χ4n) is 1.54. The third kappa shape index (κ3) is 0.978. The molecule has 0 bridgehead atoms. The van der Waals surface area contributed by atoms with E-state index in [0.717, 1.165) is 0 Å². The minimum atomic E-state index is -1.94. The van der Waals surface area contributed by atoms with E-state index in [1.807, 2.05) is 0 Å². The summed E-state index contributed by atoms with van der Waals surface area (Å²) in [5.41, 5.74) is -2.63. The normalized spacial score (nSPS) is 32.4. The highest BCUT2D eigenvalue weighted by Gasteiger charge is 2.62. The minimum Gasteiger partial charge on any atom is -0.622 e. The molecule has 1 aliphatic rings. The third-order valence-electron chi connectivity index (χ3n) is 2.93. The van der Waals surface area contributed by atoms with Gasteiger partial charge in [-0.25, -0.2) is 4.79 Å². The molecule has 1 rings (SSSR count). The molecule has 1 unspecified atom stereocenters. The highest BCUT2D eigenvalue weighted by Crippen LogP contribution is 2.32. The number of hydrogen-bond acceptors (Lipinski definition) is 4. The standard InChI is InChI=1S/C8H14N2O4/c1-5-7(2,3)10(14)8(4,6(11)12)9(5)13/h14H,1-4H3,(H,11,12). The van der Waals surface area contributed by atoms with Crippen LogP contribution in [0.5, 0.6) is 0 Å². The van der Waals surface area contributed by atoms with Gasteiger partial charge in [0.1, 0.15) is 5.54 Å². The molecule has 0 spiro atoms. The highest BCUT2D eigenvalue weighted by atomic mass is 16.6. The van der Waals surface area contributed by atoms with Crippen LogP contribution in [0, 0.1) is 5.21 Å². The van der Waals surface area contributed by atoms with Gasteiger partial charge in [0.15, 0.2) is 5.71 Å². The van der Waals surface area contributed by atoms with Crippen LogP contribution in [0.1, 0.15) is 27.7 Å². The van der Waals surface area contributed by atoms with Crippen LogP contribution < -0.4 is 0 Å². The summed E-state index contributed by atoms with van der Waals surface area (Å²) < 4.78 is 0.329. The maximum Gasteiger partial charge on any atom is 0.396 e. The van der Waals surface area contributed by atoms with Crippen LogP contribution in [0.3, 0.4) is 0 Å². The maximum atomic E-state index is 11.6. The Hall–Kier alpha value is -1.14. The molecule has 0 amide bonds. The molecule has 0 fully saturated rings. The van der Waals surface area contributed by atoms with Crippen LogP contribution in [0.25, 0.3) is 0 Å². The van der Waals surface area contributed by atoms with Crippen LogP contribution in [0.4, 0.5) is 0 Å². The van der Waals surface area contributed by atoms with Gasteiger partial charge in [-0.3, -0.25) is 0 Å². The number of hydroxylamine groups is 3. The second-order valence-corrected chi connectivity index (χ2v) is 4.08. The molecular formula is C8H14N2O4.